The second-order valence-electron chi connectivity index (χ2n) is 12.8. The minimum Gasteiger partial charge on any atom is -0.394 e. The van der Waals surface area contributed by atoms with Gasteiger partial charge in [0, 0.05) is 6.42 Å². The topological polar surface area (TPSA) is 192 Å². The second kappa shape index (κ2) is 26.7. The summed E-state index contributed by atoms with van der Waals surface area (Å²) in [6, 6.07) is -0.865. The molecular formula is C34H65NO11S. The average molecular weight is 696 g/mol. The van der Waals surface area contributed by atoms with E-state index < -0.39 is 59.9 Å². The molecule has 1 fully saturated rings. The van der Waals surface area contributed by atoms with Gasteiger partial charge in [-0.05, 0) is 32.1 Å². The smallest absolute Gasteiger partial charge is 0.394 e. The van der Waals surface area contributed by atoms with Crippen LogP contribution in [-0.2, 0) is 28.9 Å². The van der Waals surface area contributed by atoms with E-state index >= 15 is 0 Å². The summed E-state index contributed by atoms with van der Waals surface area (Å²) in [5.41, 5.74) is 0. The molecule has 1 heterocycles. The molecule has 0 aromatic rings. The van der Waals surface area contributed by atoms with Crippen LogP contribution in [0.2, 0.25) is 0 Å². The molecule has 1 amide bonds. The largest absolute Gasteiger partial charge is 0.397 e. The van der Waals surface area contributed by atoms with E-state index in [2.05, 4.69) is 35.5 Å². The van der Waals surface area contributed by atoms with Gasteiger partial charge in [-0.1, -0.05) is 116 Å². The maximum absolute atomic E-state index is 12.8. The van der Waals surface area contributed by atoms with Crippen LogP contribution in [0.1, 0.15) is 142 Å². The SMILES string of the molecule is CCCCCC/C=C\CCCC(=O)NC(COC1OC(CO)C(O)C(OS(=O)(=O)O)C1O)C(O)CCCCCCCCCCCCC. The Hall–Kier alpha value is -1.16. The Labute approximate surface area is 283 Å². The number of unbranched alkanes of at least 4 members (excludes halogenated alkanes) is 15. The van der Waals surface area contributed by atoms with Gasteiger partial charge in [0.15, 0.2) is 6.29 Å². The Kier molecular flexibility index (Phi) is 24.9. The first kappa shape index (κ1) is 43.9. The molecule has 278 valence electrons. The van der Waals surface area contributed by atoms with Crippen LogP contribution in [0.3, 0.4) is 0 Å². The zero-order chi connectivity index (χ0) is 34.9. The number of aliphatic hydroxyl groups is 4. The fourth-order valence-electron chi connectivity index (χ4n) is 5.70. The number of rotatable bonds is 29. The lowest BCUT2D eigenvalue weighted by atomic mass is 9.99. The van der Waals surface area contributed by atoms with E-state index in [0.29, 0.717) is 12.8 Å². The normalized spacial score (nSPS) is 23.3. The van der Waals surface area contributed by atoms with Crippen LogP contribution >= 0.6 is 0 Å². The summed E-state index contributed by atoms with van der Waals surface area (Å²) in [6.45, 7) is 3.33. The lowest BCUT2D eigenvalue weighted by Crippen LogP contribution is -2.61. The van der Waals surface area contributed by atoms with E-state index in [9.17, 15) is 33.6 Å². The average Bonchev–Trinajstić information content (AvgIpc) is 3.03. The van der Waals surface area contributed by atoms with E-state index in [1.165, 1.54) is 64.2 Å². The molecular weight excluding hydrogens is 630 g/mol. The molecule has 7 atom stereocenters. The number of carbonyl (C=O) groups excluding carboxylic acids is 1. The van der Waals surface area contributed by atoms with E-state index in [1.807, 2.05) is 0 Å². The zero-order valence-electron chi connectivity index (χ0n) is 28.8. The van der Waals surface area contributed by atoms with Crippen molar-refractivity contribution in [2.45, 2.75) is 185 Å². The summed E-state index contributed by atoms with van der Waals surface area (Å²) in [7, 11) is -5.07. The van der Waals surface area contributed by atoms with E-state index in [0.717, 1.165) is 44.9 Å². The molecule has 0 spiro atoms. The van der Waals surface area contributed by atoms with Gasteiger partial charge in [0.2, 0.25) is 5.91 Å². The minimum atomic E-state index is -5.07. The van der Waals surface area contributed by atoms with Gasteiger partial charge in [-0.25, -0.2) is 4.18 Å². The molecule has 1 saturated heterocycles. The molecule has 1 aliphatic heterocycles. The first-order chi connectivity index (χ1) is 22.5. The monoisotopic (exact) mass is 695 g/mol. The fraction of sp³-hybridized carbons (Fsp3) is 0.912. The zero-order valence-corrected chi connectivity index (χ0v) is 29.7. The molecule has 0 aliphatic carbocycles. The minimum absolute atomic E-state index is 0.243. The quantitative estimate of drug-likeness (QED) is 0.0355. The summed E-state index contributed by atoms with van der Waals surface area (Å²) < 4.78 is 47.2. The third kappa shape index (κ3) is 20.8. The number of nitrogens with one attached hydrogen (secondary N) is 1. The molecule has 0 radical (unpaired) electrons. The van der Waals surface area contributed by atoms with Crippen molar-refractivity contribution >= 4 is 16.3 Å². The van der Waals surface area contributed by atoms with Crippen LogP contribution < -0.4 is 5.32 Å². The van der Waals surface area contributed by atoms with Gasteiger partial charge in [-0.3, -0.25) is 9.35 Å². The Morgan fingerprint density at radius 1 is 0.830 bits per heavy atom. The Morgan fingerprint density at radius 2 is 1.36 bits per heavy atom. The molecule has 47 heavy (non-hydrogen) atoms. The predicted octanol–water partition coefficient (Wildman–Crippen LogP) is 4.87. The third-order valence-electron chi connectivity index (χ3n) is 8.57. The van der Waals surface area contributed by atoms with Gasteiger partial charge in [0.1, 0.15) is 24.4 Å². The van der Waals surface area contributed by atoms with Gasteiger partial charge in [-0.2, -0.15) is 8.42 Å². The van der Waals surface area contributed by atoms with Crippen molar-refractivity contribution in [3.05, 3.63) is 12.2 Å². The summed E-state index contributed by atoms with van der Waals surface area (Å²) in [6.07, 6.45) is 15.4. The first-order valence-corrected chi connectivity index (χ1v) is 19.4. The van der Waals surface area contributed by atoms with Crippen LogP contribution in [-0.4, -0.2) is 95.4 Å². The Morgan fingerprint density at radius 3 is 1.91 bits per heavy atom. The molecule has 0 bridgehead atoms. The highest BCUT2D eigenvalue weighted by atomic mass is 32.3. The van der Waals surface area contributed by atoms with Gasteiger partial charge in [-0.15, -0.1) is 0 Å². The number of ether oxygens (including phenoxy) is 2. The number of hydrogen-bond acceptors (Lipinski definition) is 10. The molecule has 7 unspecified atom stereocenters. The number of allylic oxidation sites excluding steroid dienone is 2. The first-order valence-electron chi connectivity index (χ1n) is 18.1. The molecule has 0 aromatic heterocycles. The van der Waals surface area contributed by atoms with Gasteiger partial charge in [0.25, 0.3) is 0 Å². The molecule has 0 saturated carbocycles. The Balaban J connectivity index is 2.68. The summed E-state index contributed by atoms with van der Waals surface area (Å²) in [5.74, 6) is -0.269. The van der Waals surface area contributed by atoms with Gasteiger partial charge in [0.05, 0.1) is 25.4 Å². The van der Waals surface area contributed by atoms with Crippen molar-refractivity contribution in [1.82, 2.24) is 5.32 Å². The molecule has 6 N–H and O–H groups in total. The Bertz CT molecular complexity index is 920. The van der Waals surface area contributed by atoms with Crippen molar-refractivity contribution in [2.24, 2.45) is 0 Å². The van der Waals surface area contributed by atoms with Crippen LogP contribution in [0, 0.1) is 0 Å². The number of aliphatic hydroxyl groups excluding tert-OH is 4. The fourth-order valence-corrected chi connectivity index (χ4v) is 6.20. The highest BCUT2D eigenvalue weighted by Gasteiger charge is 2.48. The van der Waals surface area contributed by atoms with Gasteiger partial charge >= 0.3 is 10.4 Å². The molecule has 12 nitrogen and oxygen atoms in total. The second-order valence-corrected chi connectivity index (χ2v) is 13.9. The van der Waals surface area contributed by atoms with Crippen molar-refractivity contribution in [3.8, 4) is 0 Å². The number of carbonyl (C=O) groups is 1. The summed E-state index contributed by atoms with van der Waals surface area (Å²) in [5, 5.41) is 44.4. The summed E-state index contributed by atoms with van der Waals surface area (Å²) >= 11 is 0. The maximum Gasteiger partial charge on any atom is 0.397 e. The van der Waals surface area contributed by atoms with E-state index in [-0.39, 0.29) is 18.9 Å². The highest BCUT2D eigenvalue weighted by molar-refractivity contribution is 7.80. The van der Waals surface area contributed by atoms with Crippen LogP contribution in [0.25, 0.3) is 0 Å². The number of hydrogen-bond donors (Lipinski definition) is 6. The van der Waals surface area contributed by atoms with Crippen molar-refractivity contribution in [1.29, 1.82) is 0 Å². The van der Waals surface area contributed by atoms with Crippen molar-refractivity contribution < 1.29 is 51.8 Å². The third-order valence-corrected chi connectivity index (χ3v) is 9.04. The lowest BCUT2D eigenvalue weighted by Gasteiger charge is -2.41. The predicted molar refractivity (Wildman–Crippen MR) is 181 cm³/mol. The van der Waals surface area contributed by atoms with Crippen molar-refractivity contribution in [3.63, 3.8) is 0 Å². The van der Waals surface area contributed by atoms with E-state index in [4.69, 9.17) is 14.0 Å². The van der Waals surface area contributed by atoms with Gasteiger partial charge < -0.3 is 35.2 Å². The number of amides is 1. The van der Waals surface area contributed by atoms with Crippen LogP contribution in [0.15, 0.2) is 12.2 Å². The highest BCUT2D eigenvalue weighted by Crippen LogP contribution is 2.26. The summed E-state index contributed by atoms with van der Waals surface area (Å²) in [4.78, 5) is 12.8. The van der Waals surface area contributed by atoms with Crippen LogP contribution in [0.4, 0.5) is 0 Å². The lowest BCUT2D eigenvalue weighted by molar-refractivity contribution is -0.298. The van der Waals surface area contributed by atoms with E-state index in [1.54, 1.807) is 0 Å². The molecule has 1 aliphatic rings. The van der Waals surface area contributed by atoms with Crippen LogP contribution in [0.5, 0.6) is 0 Å². The van der Waals surface area contributed by atoms with Crippen molar-refractivity contribution in [2.75, 3.05) is 13.2 Å². The molecule has 1 rings (SSSR count). The molecule has 0 aromatic carbocycles. The maximum atomic E-state index is 12.8. The molecule has 13 heteroatoms. The standard InChI is InChI=1S/C34H65NO11S/c1-3-5-7-9-11-13-14-16-17-19-21-23-28(37)27(35-30(38)24-22-20-18-15-12-10-8-6-4-2)26-44-34-32(40)33(46-47(41,42)43)31(39)29(25-36)45-34/h15,18,27-29,31-34,36-37,39-40H,3-14,16-17,19-26H2,1-2H3,(H,35,38)(H,41,42,43)/b18-15-.